The van der Waals surface area contributed by atoms with Crippen LogP contribution in [0.25, 0.3) is 0 Å². The van der Waals surface area contributed by atoms with Gasteiger partial charge in [0.05, 0.1) is 12.2 Å². The molecule has 0 fully saturated rings. The Hall–Kier alpha value is -1.16. The van der Waals surface area contributed by atoms with Crippen LogP contribution >= 0.6 is 15.9 Å². The molecule has 0 N–H and O–H groups in total. The normalized spacial score (nSPS) is 10.1. The molecule has 0 aromatic heterocycles. The molecule has 1 aromatic carbocycles. The standard InChI is InChI=1S/C13H15BrO3/c1-3-17-13(16)11-6-4-5-10(9(11)2)12(15)7-8-14/h4-6H,3,7-8H2,1-2H3. The van der Waals surface area contributed by atoms with Crippen LogP contribution in [0.1, 0.15) is 39.6 Å². The molecule has 4 heteroatoms. The second-order valence-electron chi connectivity index (χ2n) is 3.56. The van der Waals surface area contributed by atoms with Gasteiger partial charge in [0.15, 0.2) is 5.78 Å². The molecule has 0 atom stereocenters. The Bertz CT molecular complexity index is 390. The third-order valence-corrected chi connectivity index (χ3v) is 2.85. The number of Topliss-reactive ketones (excluding diaryl/α,β-unsaturated/α-hetero) is 1. The number of halogens is 1. The van der Waals surface area contributed by atoms with E-state index in [9.17, 15) is 9.59 Å². The lowest BCUT2D eigenvalue weighted by Crippen LogP contribution is -2.10. The minimum absolute atomic E-state index is 0.0329. The van der Waals surface area contributed by atoms with E-state index in [1.165, 1.54) is 0 Å². The third kappa shape index (κ3) is 3.40. The van der Waals surface area contributed by atoms with Crippen LogP contribution < -0.4 is 0 Å². The van der Waals surface area contributed by atoms with Crippen molar-refractivity contribution in [3.8, 4) is 0 Å². The zero-order valence-corrected chi connectivity index (χ0v) is 11.5. The van der Waals surface area contributed by atoms with Crippen molar-refractivity contribution in [2.45, 2.75) is 20.3 Å². The summed E-state index contributed by atoms with van der Waals surface area (Å²) in [5, 5.41) is 0.620. The van der Waals surface area contributed by atoms with E-state index in [4.69, 9.17) is 4.74 Å². The first-order chi connectivity index (χ1) is 8.11. The average molecular weight is 299 g/mol. The molecule has 0 radical (unpaired) electrons. The van der Waals surface area contributed by atoms with Crippen LogP contribution in [0.3, 0.4) is 0 Å². The Morgan fingerprint density at radius 3 is 2.53 bits per heavy atom. The van der Waals surface area contributed by atoms with Gasteiger partial charge in [0.1, 0.15) is 0 Å². The molecule has 0 unspecified atom stereocenters. The van der Waals surface area contributed by atoms with Gasteiger partial charge in [0, 0.05) is 17.3 Å². The van der Waals surface area contributed by atoms with Gasteiger partial charge < -0.3 is 4.74 Å². The fraction of sp³-hybridized carbons (Fsp3) is 0.385. The maximum absolute atomic E-state index is 11.8. The van der Waals surface area contributed by atoms with E-state index in [0.29, 0.717) is 35.0 Å². The first kappa shape index (κ1) is 13.9. The Morgan fingerprint density at radius 2 is 1.94 bits per heavy atom. The highest BCUT2D eigenvalue weighted by Gasteiger charge is 2.15. The molecule has 0 bridgehead atoms. The van der Waals surface area contributed by atoms with Crippen LogP contribution in [0.2, 0.25) is 0 Å². The van der Waals surface area contributed by atoms with E-state index in [1.807, 2.05) is 0 Å². The molecular formula is C13H15BrO3. The maximum Gasteiger partial charge on any atom is 0.338 e. The summed E-state index contributed by atoms with van der Waals surface area (Å²) < 4.78 is 4.94. The van der Waals surface area contributed by atoms with Gasteiger partial charge in [-0.25, -0.2) is 4.79 Å². The summed E-state index contributed by atoms with van der Waals surface area (Å²) in [5.41, 5.74) is 1.75. The molecule has 0 aliphatic heterocycles. The fourth-order valence-electron chi connectivity index (χ4n) is 1.59. The van der Waals surface area contributed by atoms with Gasteiger partial charge in [-0.05, 0) is 25.5 Å². The lowest BCUT2D eigenvalue weighted by atomic mass is 9.98. The van der Waals surface area contributed by atoms with Crippen molar-refractivity contribution >= 4 is 27.7 Å². The summed E-state index contributed by atoms with van der Waals surface area (Å²) in [7, 11) is 0. The van der Waals surface area contributed by atoms with Crippen LogP contribution in [0.4, 0.5) is 0 Å². The zero-order chi connectivity index (χ0) is 12.8. The highest BCUT2D eigenvalue weighted by Crippen LogP contribution is 2.17. The molecule has 1 rings (SSSR count). The van der Waals surface area contributed by atoms with E-state index in [-0.39, 0.29) is 11.8 Å². The summed E-state index contributed by atoms with van der Waals surface area (Å²) in [4.78, 5) is 23.5. The summed E-state index contributed by atoms with van der Waals surface area (Å²) in [6.07, 6.45) is 0.424. The summed E-state index contributed by atoms with van der Waals surface area (Å²) in [5.74, 6) is -0.344. The van der Waals surface area contributed by atoms with Crippen molar-refractivity contribution in [1.82, 2.24) is 0 Å². The van der Waals surface area contributed by atoms with Crippen LogP contribution in [-0.2, 0) is 4.74 Å². The maximum atomic E-state index is 11.8. The molecule has 1 aromatic rings. The highest BCUT2D eigenvalue weighted by atomic mass is 79.9. The van der Waals surface area contributed by atoms with E-state index < -0.39 is 0 Å². The van der Waals surface area contributed by atoms with Gasteiger partial charge in [-0.2, -0.15) is 0 Å². The second-order valence-corrected chi connectivity index (χ2v) is 4.35. The predicted octanol–water partition coefficient (Wildman–Crippen LogP) is 3.14. The molecule has 0 aliphatic carbocycles. The van der Waals surface area contributed by atoms with E-state index in [2.05, 4.69) is 15.9 Å². The van der Waals surface area contributed by atoms with Gasteiger partial charge in [0.25, 0.3) is 0 Å². The minimum Gasteiger partial charge on any atom is -0.462 e. The van der Waals surface area contributed by atoms with Crippen LogP contribution in [0, 0.1) is 6.92 Å². The van der Waals surface area contributed by atoms with Crippen molar-refractivity contribution in [1.29, 1.82) is 0 Å². The lowest BCUT2D eigenvalue weighted by Gasteiger charge is -2.09. The zero-order valence-electron chi connectivity index (χ0n) is 9.96. The molecule has 0 amide bonds. The largest absolute Gasteiger partial charge is 0.462 e. The summed E-state index contributed by atoms with van der Waals surface area (Å²) in [6.45, 7) is 3.86. The van der Waals surface area contributed by atoms with Gasteiger partial charge >= 0.3 is 5.97 Å². The summed E-state index contributed by atoms with van der Waals surface area (Å²) in [6, 6.07) is 5.13. The Kier molecular flexibility index (Phi) is 5.35. The SMILES string of the molecule is CCOC(=O)c1cccc(C(=O)CCBr)c1C. The number of carbonyl (C=O) groups excluding carboxylic acids is 2. The third-order valence-electron chi connectivity index (χ3n) is 2.45. The molecule has 92 valence electrons. The molecule has 0 heterocycles. The number of ketones is 1. The number of hydrogen-bond acceptors (Lipinski definition) is 3. The van der Waals surface area contributed by atoms with Gasteiger partial charge in [0.2, 0.25) is 0 Å². The molecule has 3 nitrogen and oxygen atoms in total. The molecule has 0 saturated carbocycles. The first-order valence-electron chi connectivity index (χ1n) is 5.47. The quantitative estimate of drug-likeness (QED) is 0.476. The Balaban J connectivity index is 3.07. The molecule has 0 saturated heterocycles. The highest BCUT2D eigenvalue weighted by molar-refractivity contribution is 9.09. The number of rotatable bonds is 5. The van der Waals surface area contributed by atoms with Gasteiger partial charge in [-0.15, -0.1) is 0 Å². The van der Waals surface area contributed by atoms with Crippen molar-refractivity contribution < 1.29 is 14.3 Å². The van der Waals surface area contributed by atoms with E-state index in [0.717, 1.165) is 0 Å². The first-order valence-corrected chi connectivity index (χ1v) is 6.59. The van der Waals surface area contributed by atoms with E-state index in [1.54, 1.807) is 32.0 Å². The van der Waals surface area contributed by atoms with Crippen molar-refractivity contribution in [3.63, 3.8) is 0 Å². The Labute approximate surface area is 109 Å². The lowest BCUT2D eigenvalue weighted by molar-refractivity contribution is 0.0525. The van der Waals surface area contributed by atoms with Crippen LogP contribution in [-0.4, -0.2) is 23.7 Å². The molecule has 0 aliphatic rings. The predicted molar refractivity (Wildman–Crippen MR) is 69.9 cm³/mol. The van der Waals surface area contributed by atoms with E-state index >= 15 is 0 Å². The number of benzene rings is 1. The van der Waals surface area contributed by atoms with Crippen LogP contribution in [0.5, 0.6) is 0 Å². The monoisotopic (exact) mass is 298 g/mol. The molecule has 0 spiro atoms. The number of alkyl halides is 1. The summed E-state index contributed by atoms with van der Waals surface area (Å²) >= 11 is 3.23. The molecular weight excluding hydrogens is 284 g/mol. The Morgan fingerprint density at radius 1 is 1.29 bits per heavy atom. The van der Waals surface area contributed by atoms with Crippen molar-refractivity contribution in [2.75, 3.05) is 11.9 Å². The number of ether oxygens (including phenoxy) is 1. The number of carbonyl (C=O) groups is 2. The number of esters is 1. The van der Waals surface area contributed by atoms with Crippen LogP contribution in [0.15, 0.2) is 18.2 Å². The van der Waals surface area contributed by atoms with Crippen molar-refractivity contribution in [3.05, 3.63) is 34.9 Å². The topological polar surface area (TPSA) is 43.4 Å². The minimum atomic E-state index is -0.376. The van der Waals surface area contributed by atoms with Gasteiger partial charge in [-0.3, -0.25) is 4.79 Å². The smallest absolute Gasteiger partial charge is 0.338 e. The second kappa shape index (κ2) is 6.55. The molecule has 17 heavy (non-hydrogen) atoms. The fourth-order valence-corrected chi connectivity index (χ4v) is 1.95. The average Bonchev–Trinajstić information content (AvgIpc) is 2.29. The number of hydrogen-bond donors (Lipinski definition) is 0. The van der Waals surface area contributed by atoms with Gasteiger partial charge in [-0.1, -0.05) is 28.1 Å². The van der Waals surface area contributed by atoms with Crippen molar-refractivity contribution in [2.24, 2.45) is 0 Å².